The van der Waals surface area contributed by atoms with Gasteiger partial charge in [0.1, 0.15) is 17.1 Å². The number of aryl methyl sites for hydroxylation is 1. The number of aromatic nitrogens is 2. The van der Waals surface area contributed by atoms with Crippen molar-refractivity contribution in [2.75, 3.05) is 0 Å². The van der Waals surface area contributed by atoms with E-state index in [9.17, 15) is 4.79 Å². The van der Waals surface area contributed by atoms with Crippen LogP contribution in [0.2, 0.25) is 0 Å². The molecule has 1 aliphatic rings. The summed E-state index contributed by atoms with van der Waals surface area (Å²) < 4.78 is 11.5. The van der Waals surface area contributed by atoms with Crippen molar-refractivity contribution in [1.82, 2.24) is 9.97 Å². The third kappa shape index (κ3) is 5.96. The number of rotatable bonds is 3. The van der Waals surface area contributed by atoms with E-state index in [0.717, 1.165) is 46.0 Å². The summed E-state index contributed by atoms with van der Waals surface area (Å²) >= 11 is 0. The molecule has 41 heavy (non-hydrogen) atoms. The molecule has 204 valence electrons. The summed E-state index contributed by atoms with van der Waals surface area (Å²) in [6.07, 6.45) is 8.17. The topological polar surface area (TPSA) is 65.2 Å². The minimum Gasteiger partial charge on any atom is -0.500 e. The summed E-state index contributed by atoms with van der Waals surface area (Å²) in [4.78, 5) is 21.4. The fourth-order valence-corrected chi connectivity index (χ4v) is 4.62. The number of hydrogen-bond acceptors (Lipinski definition) is 5. The van der Waals surface area contributed by atoms with Crippen LogP contribution in [0.3, 0.4) is 0 Å². The SMILES string of the molecule is C=CC1=CCc2cc(-c3ccccn3)ccc2O1.Cc1ccc2oc3c[c-]c(-c4ccccn4)cc3c(=O)c2c1.[Pt]. The number of hydrogen-bond donors (Lipinski definition) is 0. The molecule has 5 nitrogen and oxygen atoms in total. The molecular formula is C35H25N2O3Pt-. The molecule has 0 saturated carbocycles. The van der Waals surface area contributed by atoms with Gasteiger partial charge in [0.05, 0.1) is 16.7 Å². The van der Waals surface area contributed by atoms with Gasteiger partial charge in [-0.3, -0.25) is 9.78 Å². The van der Waals surface area contributed by atoms with E-state index in [2.05, 4.69) is 28.7 Å². The predicted octanol–water partition coefficient (Wildman–Crippen LogP) is 7.87. The van der Waals surface area contributed by atoms with Gasteiger partial charge in [-0.15, -0.1) is 23.8 Å². The van der Waals surface area contributed by atoms with Gasteiger partial charge in [0, 0.05) is 39.0 Å². The van der Waals surface area contributed by atoms with E-state index in [-0.39, 0.29) is 26.5 Å². The number of nitrogens with zero attached hydrogens (tertiary/aromatic N) is 2. The van der Waals surface area contributed by atoms with Gasteiger partial charge < -0.3 is 14.1 Å². The Morgan fingerprint density at radius 2 is 1.63 bits per heavy atom. The molecule has 1 aliphatic heterocycles. The van der Waals surface area contributed by atoms with Crippen molar-refractivity contribution < 1.29 is 30.2 Å². The van der Waals surface area contributed by atoms with Crippen LogP contribution >= 0.6 is 0 Å². The molecule has 0 amide bonds. The number of benzene rings is 3. The molecule has 0 radical (unpaired) electrons. The largest absolute Gasteiger partial charge is 0.500 e. The molecule has 7 rings (SSSR count). The maximum atomic E-state index is 12.7. The predicted molar refractivity (Wildman–Crippen MR) is 159 cm³/mol. The van der Waals surface area contributed by atoms with Gasteiger partial charge in [0.15, 0.2) is 5.43 Å². The molecule has 0 unspecified atom stereocenters. The summed E-state index contributed by atoms with van der Waals surface area (Å²) in [7, 11) is 0. The fourth-order valence-electron chi connectivity index (χ4n) is 4.62. The van der Waals surface area contributed by atoms with Crippen LogP contribution in [0.4, 0.5) is 0 Å². The monoisotopic (exact) mass is 716 g/mol. The third-order valence-corrected chi connectivity index (χ3v) is 6.67. The van der Waals surface area contributed by atoms with Crippen molar-refractivity contribution in [3.05, 3.63) is 149 Å². The van der Waals surface area contributed by atoms with Crippen LogP contribution in [-0.2, 0) is 27.5 Å². The van der Waals surface area contributed by atoms with E-state index in [1.54, 1.807) is 30.6 Å². The molecule has 6 heteroatoms. The zero-order chi connectivity index (χ0) is 27.5. The van der Waals surface area contributed by atoms with Crippen molar-refractivity contribution in [3.63, 3.8) is 0 Å². The molecule has 0 aliphatic carbocycles. The van der Waals surface area contributed by atoms with Crippen LogP contribution in [0.5, 0.6) is 5.75 Å². The number of allylic oxidation sites excluding steroid dienone is 2. The summed E-state index contributed by atoms with van der Waals surface area (Å²) in [6.45, 7) is 5.68. The number of ether oxygens (including phenoxy) is 1. The van der Waals surface area contributed by atoms with Crippen LogP contribution in [0.25, 0.3) is 44.5 Å². The van der Waals surface area contributed by atoms with Crippen LogP contribution < -0.4 is 10.2 Å². The van der Waals surface area contributed by atoms with E-state index in [1.165, 1.54) is 5.56 Å². The van der Waals surface area contributed by atoms with E-state index < -0.39 is 0 Å². The normalized spacial score (nSPS) is 11.8. The molecular weight excluding hydrogens is 691 g/mol. The van der Waals surface area contributed by atoms with Crippen molar-refractivity contribution in [3.8, 4) is 28.3 Å². The number of pyridine rings is 2. The quantitative estimate of drug-likeness (QED) is 0.138. The Bertz CT molecular complexity index is 1950. The molecule has 0 atom stereocenters. The van der Waals surface area contributed by atoms with E-state index >= 15 is 0 Å². The van der Waals surface area contributed by atoms with E-state index in [0.29, 0.717) is 21.9 Å². The fraction of sp³-hybridized carbons (Fsp3) is 0.0571. The first-order valence-electron chi connectivity index (χ1n) is 12.9. The van der Waals surface area contributed by atoms with Crippen LogP contribution in [0.15, 0.2) is 131 Å². The van der Waals surface area contributed by atoms with Crippen molar-refractivity contribution in [2.24, 2.45) is 0 Å². The van der Waals surface area contributed by atoms with Crippen LogP contribution in [-0.4, -0.2) is 9.97 Å². The van der Waals surface area contributed by atoms with Gasteiger partial charge >= 0.3 is 0 Å². The standard InChI is InChI=1S/C19H12NO2.C16H13NO.Pt/c1-12-5-7-17-14(10-12)19(21)15-11-13(6-8-18(15)22-17)16-4-2-3-9-20-16;1-2-14-8-6-13-11-12(7-9-16(13)18-14)15-5-3-4-10-17-15;/h2-5,7-11H,1H3;2-5,7-11H,1,6H2;/q-1;;. The second-order valence-corrected chi connectivity index (χ2v) is 9.42. The average Bonchev–Trinajstić information content (AvgIpc) is 3.02. The summed E-state index contributed by atoms with van der Waals surface area (Å²) in [5, 5.41) is 1.16. The zero-order valence-electron chi connectivity index (χ0n) is 22.2. The van der Waals surface area contributed by atoms with Gasteiger partial charge in [-0.05, 0) is 90.7 Å². The van der Waals surface area contributed by atoms with Crippen molar-refractivity contribution >= 4 is 21.9 Å². The summed E-state index contributed by atoms with van der Waals surface area (Å²) in [6, 6.07) is 30.0. The number of fused-ring (bicyclic) bond motifs is 3. The van der Waals surface area contributed by atoms with Gasteiger partial charge in [0.25, 0.3) is 0 Å². The molecule has 0 fully saturated rings. The van der Waals surface area contributed by atoms with Gasteiger partial charge in [-0.2, -0.15) is 0 Å². The Hall–Kier alpha value is -4.60. The summed E-state index contributed by atoms with van der Waals surface area (Å²) in [5.74, 6) is 1.74. The Kier molecular flexibility index (Phi) is 8.37. The minimum atomic E-state index is -0.0221. The van der Waals surface area contributed by atoms with Gasteiger partial charge in [-0.1, -0.05) is 36.4 Å². The van der Waals surface area contributed by atoms with E-state index in [1.807, 2.05) is 79.7 Å². The molecule has 0 saturated heterocycles. The van der Waals surface area contributed by atoms with Crippen LogP contribution in [0, 0.1) is 13.0 Å². The molecule has 6 aromatic rings. The second-order valence-electron chi connectivity index (χ2n) is 9.42. The van der Waals surface area contributed by atoms with Gasteiger partial charge in [0.2, 0.25) is 0 Å². The van der Waals surface area contributed by atoms with Gasteiger partial charge in [-0.25, -0.2) is 0 Å². The van der Waals surface area contributed by atoms with E-state index in [4.69, 9.17) is 9.15 Å². The molecule has 3 aromatic carbocycles. The summed E-state index contributed by atoms with van der Waals surface area (Å²) in [5.41, 5.74) is 7.01. The first kappa shape index (κ1) is 27.9. The third-order valence-electron chi connectivity index (χ3n) is 6.67. The zero-order valence-corrected chi connectivity index (χ0v) is 24.5. The van der Waals surface area contributed by atoms with Crippen molar-refractivity contribution in [2.45, 2.75) is 13.3 Å². The Balaban J connectivity index is 0.000000164. The first-order chi connectivity index (χ1) is 19.6. The van der Waals surface area contributed by atoms with Crippen molar-refractivity contribution in [1.29, 1.82) is 0 Å². The average molecular weight is 717 g/mol. The molecule has 4 heterocycles. The molecule has 0 N–H and O–H groups in total. The molecule has 3 aromatic heterocycles. The maximum absolute atomic E-state index is 12.7. The second kappa shape index (κ2) is 12.3. The smallest absolute Gasteiger partial charge is 0.182 e. The molecule has 0 bridgehead atoms. The first-order valence-corrected chi connectivity index (χ1v) is 12.9. The Morgan fingerprint density at radius 3 is 2.37 bits per heavy atom. The van der Waals surface area contributed by atoms with Crippen LogP contribution in [0.1, 0.15) is 11.1 Å². The Morgan fingerprint density at radius 1 is 0.878 bits per heavy atom. The Labute approximate surface area is 252 Å². The maximum Gasteiger partial charge on any atom is 0.182 e. The molecule has 0 spiro atoms. The minimum absolute atomic E-state index is 0.